The number of aryl methyl sites for hydroxylation is 2. The van der Waals surface area contributed by atoms with Crippen molar-refractivity contribution in [3.05, 3.63) is 74.6 Å². The standard InChI is InChI=1S/C35H44N8O6/c1-4-22(2)31-33(47)37-16-9-19-42-28-20-24(13-14-27(28)38-35(42)49)32(46)36-15-8-18-41(17-7-12-29(44)39-31)30(45)21-43-34(48)26-11-6-5-10-25(26)23(3)40-43/h5-6,10-11,13-14,20,22,31H,4,7-9,12,15-19,21H2,1-3H3,(H,36,46)(H,37,47)(H,38,49)(H,39,44)/t22-,31-/m0/s1. The topological polar surface area (TPSA) is 180 Å². The Morgan fingerprint density at radius 3 is 2.43 bits per heavy atom. The maximum atomic E-state index is 13.6. The number of carbonyl (C=O) groups is 4. The lowest BCUT2D eigenvalue weighted by molar-refractivity contribution is -0.133. The average molecular weight is 673 g/mol. The zero-order valence-electron chi connectivity index (χ0n) is 28.2. The van der Waals surface area contributed by atoms with E-state index in [9.17, 15) is 28.8 Å². The molecule has 0 saturated heterocycles. The summed E-state index contributed by atoms with van der Waals surface area (Å²) in [6.45, 7) is 6.70. The zero-order chi connectivity index (χ0) is 35.1. The predicted octanol–water partition coefficient (Wildman–Crippen LogP) is 1.83. The molecule has 14 nitrogen and oxygen atoms in total. The Balaban J connectivity index is 1.37. The Hall–Kier alpha value is -5.27. The number of carbonyl (C=O) groups excluding carboxylic acids is 4. The van der Waals surface area contributed by atoms with E-state index in [-0.39, 0.29) is 79.9 Å². The van der Waals surface area contributed by atoms with Gasteiger partial charge in [-0.2, -0.15) is 5.10 Å². The van der Waals surface area contributed by atoms with Crippen molar-refractivity contribution in [1.82, 2.24) is 40.2 Å². The van der Waals surface area contributed by atoms with Crippen LogP contribution < -0.4 is 27.2 Å². The van der Waals surface area contributed by atoms with Gasteiger partial charge >= 0.3 is 5.69 Å². The van der Waals surface area contributed by atoms with E-state index < -0.39 is 6.04 Å². The van der Waals surface area contributed by atoms with Gasteiger partial charge in [0.15, 0.2) is 0 Å². The Labute approximate surface area is 283 Å². The normalized spacial score (nSPS) is 18.1. The molecule has 0 spiro atoms. The van der Waals surface area contributed by atoms with Crippen LogP contribution in [0, 0.1) is 12.8 Å². The van der Waals surface area contributed by atoms with Crippen molar-refractivity contribution in [2.75, 3.05) is 26.2 Å². The lowest BCUT2D eigenvalue weighted by atomic mass is 9.98. The highest BCUT2D eigenvalue weighted by Gasteiger charge is 2.26. The zero-order valence-corrected chi connectivity index (χ0v) is 28.2. The fraction of sp³-hybridized carbons (Fsp3) is 0.457. The summed E-state index contributed by atoms with van der Waals surface area (Å²) < 4.78 is 2.70. The van der Waals surface area contributed by atoms with Crippen molar-refractivity contribution in [2.45, 2.75) is 72.0 Å². The molecule has 0 unspecified atom stereocenters. The summed E-state index contributed by atoms with van der Waals surface area (Å²) in [4.78, 5) is 83.2. The first-order valence-corrected chi connectivity index (χ1v) is 16.9. The van der Waals surface area contributed by atoms with Gasteiger partial charge in [0.25, 0.3) is 11.5 Å². The van der Waals surface area contributed by atoms with E-state index in [0.717, 1.165) is 5.39 Å². The molecule has 2 aromatic carbocycles. The van der Waals surface area contributed by atoms with E-state index in [1.807, 2.05) is 26.0 Å². The molecule has 2 aromatic heterocycles. The molecule has 1 aliphatic rings. The van der Waals surface area contributed by atoms with Crippen molar-refractivity contribution in [3.63, 3.8) is 0 Å². The highest BCUT2D eigenvalue weighted by atomic mass is 16.2. The van der Waals surface area contributed by atoms with E-state index >= 15 is 0 Å². The Morgan fingerprint density at radius 2 is 1.65 bits per heavy atom. The number of aromatic nitrogens is 4. The summed E-state index contributed by atoms with van der Waals surface area (Å²) in [6, 6.07) is 11.3. The number of hydrogen-bond acceptors (Lipinski definition) is 7. The fourth-order valence-corrected chi connectivity index (χ4v) is 6.13. The highest BCUT2D eigenvalue weighted by Crippen LogP contribution is 2.15. The van der Waals surface area contributed by atoms with Gasteiger partial charge in [0.2, 0.25) is 17.7 Å². The molecular weight excluding hydrogens is 628 g/mol. The van der Waals surface area contributed by atoms with Gasteiger partial charge in [-0.3, -0.25) is 28.5 Å². The number of benzene rings is 2. The number of amides is 4. The number of H-pyrrole nitrogens is 1. The minimum Gasteiger partial charge on any atom is -0.354 e. The van der Waals surface area contributed by atoms with Crippen molar-refractivity contribution in [2.24, 2.45) is 5.92 Å². The van der Waals surface area contributed by atoms with Gasteiger partial charge in [-0.25, -0.2) is 9.48 Å². The molecule has 4 amide bonds. The molecule has 5 rings (SSSR count). The molecule has 0 aliphatic carbocycles. The van der Waals surface area contributed by atoms with E-state index in [4.69, 9.17) is 0 Å². The van der Waals surface area contributed by atoms with Gasteiger partial charge in [0.05, 0.1) is 22.1 Å². The summed E-state index contributed by atoms with van der Waals surface area (Å²) >= 11 is 0. The average Bonchev–Trinajstić information content (AvgIpc) is 3.41. The maximum absolute atomic E-state index is 13.6. The summed E-state index contributed by atoms with van der Waals surface area (Å²) in [5.74, 6) is -1.41. The molecule has 14 heteroatoms. The van der Waals surface area contributed by atoms with Crippen LogP contribution in [0.5, 0.6) is 0 Å². The van der Waals surface area contributed by atoms with Crippen LogP contribution >= 0.6 is 0 Å². The second-order valence-corrected chi connectivity index (χ2v) is 12.6. The minimum atomic E-state index is -0.742. The molecule has 0 radical (unpaired) electrons. The molecule has 2 bridgehead atoms. The van der Waals surface area contributed by atoms with Gasteiger partial charge in [-0.1, -0.05) is 38.5 Å². The lowest BCUT2D eigenvalue weighted by Gasteiger charge is -2.25. The Morgan fingerprint density at radius 1 is 0.939 bits per heavy atom. The largest absolute Gasteiger partial charge is 0.354 e. The molecular formula is C35H44N8O6. The number of aromatic amines is 1. The number of imidazole rings is 1. The number of rotatable bonds is 4. The first-order valence-electron chi connectivity index (χ1n) is 16.9. The summed E-state index contributed by atoms with van der Waals surface area (Å²) in [6.07, 6.45) is 1.94. The van der Waals surface area contributed by atoms with Crippen LogP contribution in [0.1, 0.15) is 62.0 Å². The van der Waals surface area contributed by atoms with Gasteiger partial charge in [0.1, 0.15) is 12.6 Å². The molecule has 2 atom stereocenters. The van der Waals surface area contributed by atoms with E-state index in [1.165, 1.54) is 9.25 Å². The van der Waals surface area contributed by atoms with Crippen LogP contribution in [0.25, 0.3) is 21.8 Å². The van der Waals surface area contributed by atoms with Crippen LogP contribution in [0.4, 0.5) is 0 Å². The smallest absolute Gasteiger partial charge is 0.326 e. The third kappa shape index (κ3) is 8.24. The highest BCUT2D eigenvalue weighted by molar-refractivity contribution is 5.97. The first-order chi connectivity index (χ1) is 23.6. The fourth-order valence-electron chi connectivity index (χ4n) is 6.13. The van der Waals surface area contributed by atoms with Crippen LogP contribution in [-0.4, -0.2) is 80.1 Å². The molecule has 49 heavy (non-hydrogen) atoms. The lowest BCUT2D eigenvalue weighted by Crippen LogP contribution is -2.50. The Kier molecular flexibility index (Phi) is 11.3. The monoisotopic (exact) mass is 672 g/mol. The molecule has 260 valence electrons. The van der Waals surface area contributed by atoms with Gasteiger partial charge < -0.3 is 25.8 Å². The first kappa shape index (κ1) is 35.0. The molecule has 0 fully saturated rings. The third-order valence-corrected chi connectivity index (χ3v) is 9.12. The quantitative estimate of drug-likeness (QED) is 0.255. The van der Waals surface area contributed by atoms with Crippen molar-refractivity contribution >= 4 is 45.4 Å². The second kappa shape index (κ2) is 15.8. The van der Waals surface area contributed by atoms with Crippen LogP contribution in [0.15, 0.2) is 52.1 Å². The number of nitrogens with zero attached hydrogens (tertiary/aromatic N) is 4. The SMILES string of the molecule is CC[C@H](C)[C@@H]1NC(=O)CCCN(C(=O)Cn2nc(C)c3ccccc3c2=O)CCCNC(=O)c2ccc3[nH]c(=O)n(c3c2)CCCNC1=O. The van der Waals surface area contributed by atoms with Gasteiger partial charge in [-0.05, 0) is 56.4 Å². The predicted molar refractivity (Wildman–Crippen MR) is 185 cm³/mol. The number of nitrogens with one attached hydrogen (secondary N) is 4. The molecule has 4 aromatic rings. The summed E-state index contributed by atoms with van der Waals surface area (Å²) in [7, 11) is 0. The molecule has 0 saturated carbocycles. The molecule has 3 heterocycles. The van der Waals surface area contributed by atoms with Crippen LogP contribution in [-0.2, 0) is 27.5 Å². The molecule has 4 N–H and O–H groups in total. The van der Waals surface area contributed by atoms with Gasteiger partial charge in [0, 0.05) is 50.1 Å². The summed E-state index contributed by atoms with van der Waals surface area (Å²) in [5, 5.41) is 14.2. The number of hydrogen-bond donors (Lipinski definition) is 4. The molecule has 1 aliphatic heterocycles. The van der Waals surface area contributed by atoms with Crippen molar-refractivity contribution in [1.29, 1.82) is 0 Å². The third-order valence-electron chi connectivity index (χ3n) is 9.12. The number of fused-ring (bicyclic) bond motifs is 2. The van der Waals surface area contributed by atoms with Crippen molar-refractivity contribution < 1.29 is 19.2 Å². The van der Waals surface area contributed by atoms with E-state index in [2.05, 4.69) is 26.0 Å². The minimum absolute atomic E-state index is 0.0794. The van der Waals surface area contributed by atoms with E-state index in [0.29, 0.717) is 59.9 Å². The van der Waals surface area contributed by atoms with Crippen LogP contribution in [0.3, 0.4) is 0 Å². The van der Waals surface area contributed by atoms with Crippen LogP contribution in [0.2, 0.25) is 0 Å². The second-order valence-electron chi connectivity index (χ2n) is 12.6. The maximum Gasteiger partial charge on any atom is 0.326 e. The van der Waals surface area contributed by atoms with Gasteiger partial charge in [-0.15, -0.1) is 0 Å². The summed E-state index contributed by atoms with van der Waals surface area (Å²) in [5.41, 5.74) is 1.48. The van der Waals surface area contributed by atoms with E-state index in [1.54, 1.807) is 42.2 Å². The Bertz CT molecular complexity index is 1980. The van der Waals surface area contributed by atoms with Crippen molar-refractivity contribution in [3.8, 4) is 0 Å².